The number of ether oxygens (including phenoxy) is 1. The lowest BCUT2D eigenvalue weighted by Crippen LogP contribution is -2.48. The summed E-state index contributed by atoms with van der Waals surface area (Å²) in [6.45, 7) is 7.20. The van der Waals surface area contributed by atoms with Crippen LogP contribution in [0.2, 0.25) is 0 Å². The molecule has 4 heteroatoms. The molecule has 0 aliphatic carbocycles. The highest BCUT2D eigenvalue weighted by molar-refractivity contribution is 5.75. The van der Waals surface area contributed by atoms with E-state index in [1.165, 1.54) is 0 Å². The predicted octanol–water partition coefficient (Wildman–Crippen LogP) is 1.17. The lowest BCUT2D eigenvalue weighted by Gasteiger charge is -2.27. The fourth-order valence-electron chi connectivity index (χ4n) is 1.42. The van der Waals surface area contributed by atoms with Gasteiger partial charge in [-0.2, -0.15) is 0 Å². The molecular weight excluding hydrogens is 180 g/mol. The lowest BCUT2D eigenvalue weighted by molar-refractivity contribution is -0.151. The number of hydrogen-bond donors (Lipinski definition) is 1. The summed E-state index contributed by atoms with van der Waals surface area (Å²) in [5.74, 6) is -0.141. The summed E-state index contributed by atoms with van der Waals surface area (Å²) in [6, 6.07) is -0.167. The van der Waals surface area contributed by atoms with Crippen molar-refractivity contribution in [3.63, 3.8) is 0 Å². The maximum absolute atomic E-state index is 11.5. The van der Waals surface area contributed by atoms with E-state index in [-0.39, 0.29) is 12.0 Å². The number of nitrogens with one attached hydrogen (secondary N) is 1. The minimum absolute atomic E-state index is 0.141. The van der Waals surface area contributed by atoms with Gasteiger partial charge in [-0.15, -0.1) is 0 Å². The van der Waals surface area contributed by atoms with E-state index >= 15 is 0 Å². The third kappa shape index (κ3) is 4.07. The molecule has 14 heavy (non-hydrogen) atoms. The van der Waals surface area contributed by atoms with Crippen molar-refractivity contribution in [2.45, 2.75) is 39.7 Å². The molecule has 0 radical (unpaired) electrons. The first-order valence-corrected chi connectivity index (χ1v) is 5.31. The van der Waals surface area contributed by atoms with Gasteiger partial charge in [-0.25, -0.2) is 5.01 Å². The maximum Gasteiger partial charge on any atom is 0.324 e. The van der Waals surface area contributed by atoms with Gasteiger partial charge in [0, 0.05) is 6.54 Å². The van der Waals surface area contributed by atoms with E-state index in [9.17, 15) is 4.79 Å². The first kappa shape index (κ1) is 13.4. The van der Waals surface area contributed by atoms with E-state index in [2.05, 4.69) is 12.3 Å². The number of rotatable bonds is 7. The molecule has 0 heterocycles. The average Bonchev–Trinajstić information content (AvgIpc) is 2.18. The molecule has 0 rings (SSSR count). The summed E-state index contributed by atoms with van der Waals surface area (Å²) in [6.07, 6.45) is 1.77. The summed E-state index contributed by atoms with van der Waals surface area (Å²) >= 11 is 0. The van der Waals surface area contributed by atoms with Gasteiger partial charge < -0.3 is 4.74 Å². The molecule has 0 bridgehead atoms. The monoisotopic (exact) mass is 202 g/mol. The van der Waals surface area contributed by atoms with Crippen molar-refractivity contribution in [2.75, 3.05) is 20.2 Å². The van der Waals surface area contributed by atoms with Gasteiger partial charge in [0.2, 0.25) is 0 Å². The second-order valence-corrected chi connectivity index (χ2v) is 3.09. The topological polar surface area (TPSA) is 41.6 Å². The molecule has 1 atom stereocenters. The van der Waals surface area contributed by atoms with Crippen LogP contribution in [0.15, 0.2) is 0 Å². The van der Waals surface area contributed by atoms with Gasteiger partial charge in [0.1, 0.15) is 6.04 Å². The van der Waals surface area contributed by atoms with Crippen molar-refractivity contribution in [1.29, 1.82) is 0 Å². The van der Waals surface area contributed by atoms with Gasteiger partial charge in [-0.3, -0.25) is 10.2 Å². The summed E-state index contributed by atoms with van der Waals surface area (Å²) in [4.78, 5) is 11.5. The Kier molecular flexibility index (Phi) is 7.42. The van der Waals surface area contributed by atoms with Crippen LogP contribution in [0.4, 0.5) is 0 Å². The number of carbonyl (C=O) groups is 1. The van der Waals surface area contributed by atoms with E-state index in [4.69, 9.17) is 4.74 Å². The molecule has 1 unspecified atom stereocenters. The summed E-state index contributed by atoms with van der Waals surface area (Å²) in [5.41, 5.74) is 3.03. The number of hydrogen-bond acceptors (Lipinski definition) is 4. The molecule has 0 fully saturated rings. The largest absolute Gasteiger partial charge is 0.465 e. The second-order valence-electron chi connectivity index (χ2n) is 3.09. The Morgan fingerprint density at radius 2 is 2.07 bits per heavy atom. The van der Waals surface area contributed by atoms with Crippen LogP contribution in [0.5, 0.6) is 0 Å². The van der Waals surface area contributed by atoms with Gasteiger partial charge in [-0.05, 0) is 26.8 Å². The number of nitrogens with zero attached hydrogens (tertiary/aromatic N) is 1. The van der Waals surface area contributed by atoms with Crippen molar-refractivity contribution < 1.29 is 9.53 Å². The third-order valence-corrected chi connectivity index (χ3v) is 2.07. The van der Waals surface area contributed by atoms with E-state index < -0.39 is 0 Å². The van der Waals surface area contributed by atoms with Crippen molar-refractivity contribution >= 4 is 5.97 Å². The standard InChI is InChI=1S/C10H22N2O2/c1-5-8-12(11-4)9(6-2)10(13)14-7-3/h9,11H,5-8H2,1-4H3. The molecule has 0 aromatic heterocycles. The molecule has 0 saturated heterocycles. The molecule has 0 aromatic carbocycles. The van der Waals surface area contributed by atoms with E-state index in [0.29, 0.717) is 6.61 Å². The molecule has 4 nitrogen and oxygen atoms in total. The van der Waals surface area contributed by atoms with Crippen LogP contribution >= 0.6 is 0 Å². The first-order valence-electron chi connectivity index (χ1n) is 5.31. The van der Waals surface area contributed by atoms with Crippen molar-refractivity contribution in [2.24, 2.45) is 0 Å². The molecular formula is C10H22N2O2. The van der Waals surface area contributed by atoms with Gasteiger partial charge in [0.25, 0.3) is 0 Å². The Bertz CT molecular complexity index is 162. The molecule has 0 aliphatic heterocycles. The second kappa shape index (κ2) is 7.76. The van der Waals surface area contributed by atoms with Gasteiger partial charge >= 0.3 is 5.97 Å². The Labute approximate surface area is 86.6 Å². The molecule has 0 aromatic rings. The van der Waals surface area contributed by atoms with Crippen molar-refractivity contribution in [3.05, 3.63) is 0 Å². The van der Waals surface area contributed by atoms with Gasteiger partial charge in [-0.1, -0.05) is 13.8 Å². The quantitative estimate of drug-likeness (QED) is 0.497. The highest BCUT2D eigenvalue weighted by Crippen LogP contribution is 2.04. The summed E-state index contributed by atoms with van der Waals surface area (Å²) in [5, 5.41) is 1.93. The number of esters is 1. The highest BCUT2D eigenvalue weighted by atomic mass is 16.5. The smallest absolute Gasteiger partial charge is 0.324 e. The first-order chi connectivity index (χ1) is 6.71. The number of carbonyl (C=O) groups excluding carboxylic acids is 1. The Hall–Kier alpha value is -0.610. The van der Waals surface area contributed by atoms with Crippen LogP contribution < -0.4 is 5.43 Å². The summed E-state index contributed by atoms with van der Waals surface area (Å²) in [7, 11) is 1.83. The van der Waals surface area contributed by atoms with Crippen LogP contribution in [0.1, 0.15) is 33.6 Å². The fourth-order valence-corrected chi connectivity index (χ4v) is 1.42. The zero-order valence-corrected chi connectivity index (χ0v) is 9.67. The zero-order valence-electron chi connectivity index (χ0n) is 9.67. The molecule has 0 aliphatic rings. The lowest BCUT2D eigenvalue weighted by atomic mass is 10.2. The molecule has 1 N–H and O–H groups in total. The van der Waals surface area contributed by atoms with Gasteiger partial charge in [0.15, 0.2) is 0 Å². The Balaban J connectivity index is 4.26. The van der Waals surface area contributed by atoms with Crippen LogP contribution in [0.25, 0.3) is 0 Å². The van der Waals surface area contributed by atoms with Gasteiger partial charge in [0.05, 0.1) is 6.61 Å². The zero-order chi connectivity index (χ0) is 11.0. The van der Waals surface area contributed by atoms with Crippen LogP contribution in [-0.4, -0.2) is 37.2 Å². The minimum atomic E-state index is -0.167. The van der Waals surface area contributed by atoms with Crippen molar-refractivity contribution in [3.8, 4) is 0 Å². The van der Waals surface area contributed by atoms with Crippen LogP contribution in [0, 0.1) is 0 Å². The Morgan fingerprint density at radius 3 is 2.43 bits per heavy atom. The predicted molar refractivity (Wildman–Crippen MR) is 56.8 cm³/mol. The normalized spacial score (nSPS) is 12.9. The van der Waals surface area contributed by atoms with Crippen LogP contribution in [-0.2, 0) is 9.53 Å². The molecule has 0 amide bonds. The number of hydrazine groups is 1. The minimum Gasteiger partial charge on any atom is -0.465 e. The van der Waals surface area contributed by atoms with E-state index in [0.717, 1.165) is 19.4 Å². The SMILES string of the molecule is CCCN(NC)C(CC)C(=O)OCC. The van der Waals surface area contributed by atoms with Crippen molar-refractivity contribution in [1.82, 2.24) is 10.4 Å². The van der Waals surface area contributed by atoms with E-state index in [1.807, 2.05) is 25.9 Å². The summed E-state index contributed by atoms with van der Waals surface area (Å²) < 4.78 is 5.00. The third-order valence-electron chi connectivity index (χ3n) is 2.07. The van der Waals surface area contributed by atoms with E-state index in [1.54, 1.807) is 0 Å². The average molecular weight is 202 g/mol. The molecule has 0 saturated carbocycles. The molecule has 0 spiro atoms. The van der Waals surface area contributed by atoms with Crippen LogP contribution in [0.3, 0.4) is 0 Å². The fraction of sp³-hybridized carbons (Fsp3) is 0.900. The Morgan fingerprint density at radius 1 is 1.43 bits per heavy atom. The highest BCUT2D eigenvalue weighted by Gasteiger charge is 2.23. The maximum atomic E-state index is 11.5. The molecule has 84 valence electrons.